The van der Waals surface area contributed by atoms with E-state index in [4.69, 9.17) is 19.2 Å². The van der Waals surface area contributed by atoms with E-state index < -0.39 is 29.7 Å². The number of benzene rings is 3. The normalized spacial score (nSPS) is 13.3. The molecular formula is C52H68F2N6O6. The van der Waals surface area contributed by atoms with Gasteiger partial charge >= 0.3 is 0 Å². The van der Waals surface area contributed by atoms with Gasteiger partial charge in [0, 0.05) is 76.8 Å². The van der Waals surface area contributed by atoms with Crippen LogP contribution in [0.4, 0.5) is 14.6 Å². The molecule has 1 aliphatic heterocycles. The zero-order chi connectivity index (χ0) is 47.4. The quantitative estimate of drug-likeness (QED) is 0.0405. The van der Waals surface area contributed by atoms with Crippen molar-refractivity contribution in [2.45, 2.75) is 65.0 Å². The highest BCUT2D eigenvalue weighted by molar-refractivity contribution is 5.89. The number of hydrogen-bond donors (Lipinski definition) is 0. The molecule has 0 saturated carbocycles. The molecule has 3 aromatic carbocycles. The molecule has 356 valence electrons. The van der Waals surface area contributed by atoms with E-state index in [-0.39, 0.29) is 81.2 Å². The van der Waals surface area contributed by atoms with Gasteiger partial charge in [-0.25, -0.2) is 13.8 Å². The molecule has 0 radical (unpaired) electrons. The first-order chi connectivity index (χ1) is 31.8. The molecule has 0 aliphatic carbocycles. The number of halogens is 2. The Morgan fingerprint density at radius 3 is 2.15 bits per heavy atom. The van der Waals surface area contributed by atoms with Gasteiger partial charge in [-0.1, -0.05) is 72.8 Å². The highest BCUT2D eigenvalue weighted by atomic mass is 19.1. The van der Waals surface area contributed by atoms with Crippen molar-refractivity contribution >= 4 is 23.3 Å². The lowest BCUT2D eigenvalue weighted by atomic mass is 9.92. The molecule has 1 saturated heterocycles. The van der Waals surface area contributed by atoms with Crippen molar-refractivity contribution in [3.63, 3.8) is 0 Å². The highest BCUT2D eigenvalue weighted by Crippen LogP contribution is 2.27. The summed E-state index contributed by atoms with van der Waals surface area (Å²) in [6.07, 6.45) is 1.32. The monoisotopic (exact) mass is 911 g/mol. The van der Waals surface area contributed by atoms with Crippen LogP contribution in [0.25, 0.3) is 0 Å². The van der Waals surface area contributed by atoms with Crippen LogP contribution in [0.2, 0.25) is 0 Å². The molecule has 66 heavy (non-hydrogen) atoms. The summed E-state index contributed by atoms with van der Waals surface area (Å²) in [5.74, 6) is -2.35. The van der Waals surface area contributed by atoms with E-state index in [0.29, 0.717) is 50.6 Å². The van der Waals surface area contributed by atoms with Crippen molar-refractivity contribution in [1.82, 2.24) is 24.6 Å². The van der Waals surface area contributed by atoms with Crippen molar-refractivity contribution < 1.29 is 37.4 Å². The minimum atomic E-state index is -1.04. The van der Waals surface area contributed by atoms with Crippen LogP contribution in [0.15, 0.2) is 104 Å². The summed E-state index contributed by atoms with van der Waals surface area (Å²) < 4.78 is 49.2. The number of hydrogen-bond acceptors (Lipinski definition) is 11. The molecule has 4 aromatic rings. The fourth-order valence-corrected chi connectivity index (χ4v) is 7.87. The molecule has 0 N–H and O–H groups in total. The summed E-state index contributed by atoms with van der Waals surface area (Å²) in [5, 5.41) is 0. The fourth-order valence-electron chi connectivity index (χ4n) is 7.87. The van der Waals surface area contributed by atoms with Gasteiger partial charge in [0.15, 0.2) is 17.9 Å². The van der Waals surface area contributed by atoms with E-state index in [1.165, 1.54) is 17.0 Å². The lowest BCUT2D eigenvalue weighted by Gasteiger charge is -2.45. The molecule has 0 bridgehead atoms. The zero-order valence-electron chi connectivity index (χ0n) is 39.4. The first kappa shape index (κ1) is 51.6. The smallest absolute Gasteiger partial charge is 0.226 e. The number of anilines is 1. The molecule has 1 aromatic heterocycles. The second-order valence-corrected chi connectivity index (χ2v) is 17.2. The standard InChI is InChI=1S/C52H68F2N6O6/c1-7-26-58(35-45(61)23-20-39-16-12-10-13-17-39)36-46(62)30-42(29-41-21-24-47(31-49(41)54)66-38-40-18-14-11-15-19-40)52(63)60(37-50(64-8-2)65-9-3)32-43-22-25-48(53)51(55-43)59-33-44(34-59)57(6)28-27-56(4)5/h7,10-19,21-22,24-25,31,42,44,50H,1,8-9,20,23,26-30,32-38H2,2-6H3/t42-/m1/s1. The van der Waals surface area contributed by atoms with Crippen LogP contribution in [0.1, 0.15) is 49.1 Å². The molecule has 1 aliphatic rings. The molecule has 0 unspecified atom stereocenters. The number of likely N-dealkylation sites (N-methyl/N-ethyl adjacent to an activating group) is 2. The number of Topliss-reactive ketones (excluding diaryl/α,β-unsaturated/α-hetero) is 2. The Balaban J connectivity index is 1.39. The minimum Gasteiger partial charge on any atom is -0.489 e. The van der Waals surface area contributed by atoms with Crippen LogP contribution >= 0.6 is 0 Å². The molecule has 2 heterocycles. The Bertz CT molecular complexity index is 2130. The first-order valence-electron chi connectivity index (χ1n) is 23.0. The van der Waals surface area contributed by atoms with Gasteiger partial charge in [0.05, 0.1) is 31.9 Å². The van der Waals surface area contributed by atoms with Gasteiger partial charge in [-0.15, -0.1) is 6.58 Å². The third-order valence-electron chi connectivity index (χ3n) is 11.6. The summed E-state index contributed by atoms with van der Waals surface area (Å²) in [7, 11) is 6.12. The summed E-state index contributed by atoms with van der Waals surface area (Å²) in [6.45, 7) is 11.4. The van der Waals surface area contributed by atoms with Crippen molar-refractivity contribution in [3.8, 4) is 5.75 Å². The third kappa shape index (κ3) is 16.5. The van der Waals surface area contributed by atoms with Gasteiger partial charge in [-0.2, -0.15) is 0 Å². The number of ketones is 2. The average molecular weight is 911 g/mol. The molecular weight excluding hydrogens is 843 g/mol. The van der Waals surface area contributed by atoms with Crippen molar-refractivity contribution in [2.24, 2.45) is 5.92 Å². The van der Waals surface area contributed by atoms with Crippen LogP contribution in [0.3, 0.4) is 0 Å². The first-order valence-corrected chi connectivity index (χ1v) is 23.0. The number of amides is 1. The number of aromatic nitrogens is 1. The van der Waals surface area contributed by atoms with E-state index in [0.717, 1.165) is 24.2 Å². The predicted octanol–water partition coefficient (Wildman–Crippen LogP) is 6.86. The minimum absolute atomic E-state index is 0.0293. The summed E-state index contributed by atoms with van der Waals surface area (Å²) in [4.78, 5) is 56.6. The van der Waals surface area contributed by atoms with Crippen LogP contribution in [-0.4, -0.2) is 141 Å². The Hall–Kier alpha value is -5.38. The molecule has 1 amide bonds. The number of rotatable bonds is 30. The number of carbonyl (C=O) groups is 3. The largest absolute Gasteiger partial charge is 0.489 e. The number of aryl methyl sites for hydroxylation is 1. The van der Waals surface area contributed by atoms with E-state index in [9.17, 15) is 9.59 Å². The number of pyridine rings is 1. The van der Waals surface area contributed by atoms with E-state index in [1.54, 1.807) is 29.2 Å². The second-order valence-electron chi connectivity index (χ2n) is 17.2. The van der Waals surface area contributed by atoms with Gasteiger partial charge < -0.3 is 28.9 Å². The van der Waals surface area contributed by atoms with Crippen LogP contribution < -0.4 is 9.64 Å². The molecule has 14 heteroatoms. The average Bonchev–Trinajstić information content (AvgIpc) is 3.28. The maximum atomic E-state index is 16.1. The van der Waals surface area contributed by atoms with Crippen molar-refractivity contribution in [2.75, 3.05) is 91.6 Å². The van der Waals surface area contributed by atoms with Gasteiger partial charge in [0.1, 0.15) is 29.7 Å². The van der Waals surface area contributed by atoms with Crippen molar-refractivity contribution in [3.05, 3.63) is 138 Å². The Morgan fingerprint density at radius 2 is 1.52 bits per heavy atom. The SMILES string of the molecule is C=CCN(CC(=O)CCc1ccccc1)CC(=O)C[C@@H](Cc1ccc(OCc2ccccc2)cc1F)C(=O)N(Cc1ccc(F)c(N2CC(N(C)CCN(C)C)C2)n1)CC(OCC)OCC. The topological polar surface area (TPSA) is 108 Å². The molecule has 1 fully saturated rings. The van der Waals surface area contributed by atoms with Crippen LogP contribution in [0.5, 0.6) is 5.75 Å². The maximum absolute atomic E-state index is 16.1. The summed E-state index contributed by atoms with van der Waals surface area (Å²) in [6, 6.07) is 26.9. The lowest BCUT2D eigenvalue weighted by molar-refractivity contribution is -0.162. The van der Waals surface area contributed by atoms with Crippen LogP contribution in [0, 0.1) is 17.6 Å². The number of nitrogens with zero attached hydrogens (tertiary/aromatic N) is 6. The third-order valence-corrected chi connectivity index (χ3v) is 11.6. The van der Waals surface area contributed by atoms with Crippen molar-refractivity contribution in [1.29, 1.82) is 0 Å². The Morgan fingerprint density at radius 1 is 0.848 bits per heavy atom. The van der Waals surface area contributed by atoms with Gasteiger partial charge in [-0.3, -0.25) is 24.2 Å². The van der Waals surface area contributed by atoms with E-state index in [1.807, 2.05) is 93.5 Å². The number of ether oxygens (including phenoxy) is 3. The second kappa shape index (κ2) is 26.7. The molecule has 1 atom stereocenters. The zero-order valence-corrected chi connectivity index (χ0v) is 39.4. The van der Waals surface area contributed by atoms with Gasteiger partial charge in [0.2, 0.25) is 5.91 Å². The van der Waals surface area contributed by atoms with Gasteiger partial charge in [0.25, 0.3) is 0 Å². The van der Waals surface area contributed by atoms with E-state index in [2.05, 4.69) is 23.4 Å². The molecule has 5 rings (SSSR count). The summed E-state index contributed by atoms with van der Waals surface area (Å²) >= 11 is 0. The van der Waals surface area contributed by atoms with Crippen LogP contribution in [-0.2, 0) is 49.9 Å². The number of carbonyl (C=O) groups excluding carboxylic acids is 3. The van der Waals surface area contributed by atoms with Gasteiger partial charge in [-0.05, 0) is 82.7 Å². The highest BCUT2D eigenvalue weighted by Gasteiger charge is 2.34. The molecule has 0 spiro atoms. The summed E-state index contributed by atoms with van der Waals surface area (Å²) in [5.41, 5.74) is 2.62. The predicted molar refractivity (Wildman–Crippen MR) is 254 cm³/mol. The Kier molecular flexibility index (Phi) is 20.9. The maximum Gasteiger partial charge on any atom is 0.226 e. The van der Waals surface area contributed by atoms with E-state index >= 15 is 13.6 Å². The Labute approximate surface area is 390 Å². The lowest BCUT2D eigenvalue weighted by Crippen LogP contribution is -2.59. The molecule has 12 nitrogen and oxygen atoms in total. The fraction of sp³-hybridized carbons (Fsp3) is 0.462.